The van der Waals surface area contributed by atoms with Gasteiger partial charge in [-0.2, -0.15) is 13.6 Å². The minimum atomic E-state index is -5.84. The lowest BCUT2D eigenvalue weighted by Crippen LogP contribution is -2.37. The Bertz CT molecular complexity index is 1110. The van der Waals surface area contributed by atoms with Gasteiger partial charge in [0.15, 0.2) is 6.23 Å². The third-order valence-corrected chi connectivity index (χ3v) is 7.83. The predicted molar refractivity (Wildman–Crippen MR) is 99.6 cm³/mol. The second-order valence-electron chi connectivity index (χ2n) is 6.05. The van der Waals surface area contributed by atoms with E-state index in [1.54, 1.807) is 0 Å². The molecule has 9 N–H and O–H groups in total. The van der Waals surface area contributed by atoms with Crippen LogP contribution < -0.4 is 11.4 Å². The van der Waals surface area contributed by atoms with E-state index in [4.69, 9.17) is 34.9 Å². The van der Waals surface area contributed by atoms with Gasteiger partial charge in [0.2, 0.25) is 0 Å². The molecule has 0 amide bonds. The molecule has 1 saturated heterocycles. The Kier molecular flexibility index (Phi) is 8.60. The molecule has 6 atom stereocenters. The summed E-state index contributed by atoms with van der Waals surface area (Å²) in [6.45, 7) is -1.24. The smallest absolute Gasteiger partial charge is 0.386 e. The number of phosphoric ester groups is 2. The number of hydrogen-bond acceptors (Lipinski definition) is 13. The SMILES string of the molecule is Nc1ccn([C@@H]2O[C@H](COP(=O)(O)OP(=O)(O)OP(=O)(O)O)[C@@H](OP(=O)(O)O)[C@H]2O)c(=O)n1. The van der Waals surface area contributed by atoms with Crippen LogP contribution in [0.4, 0.5) is 5.82 Å². The highest BCUT2D eigenvalue weighted by Gasteiger charge is 2.50. The number of anilines is 1. The molecule has 24 heteroatoms. The second-order valence-corrected chi connectivity index (χ2v) is 11.7. The van der Waals surface area contributed by atoms with Crippen molar-refractivity contribution in [2.45, 2.75) is 24.5 Å². The van der Waals surface area contributed by atoms with Gasteiger partial charge < -0.3 is 44.9 Å². The molecular weight excluding hydrogens is 546 g/mol. The zero-order valence-corrected chi connectivity index (χ0v) is 19.2. The van der Waals surface area contributed by atoms with E-state index in [1.807, 2.05) is 0 Å². The maximum Gasteiger partial charge on any atom is 0.490 e. The van der Waals surface area contributed by atoms with Gasteiger partial charge in [-0.15, -0.1) is 0 Å². The Morgan fingerprint density at radius 2 is 1.64 bits per heavy atom. The fourth-order valence-electron chi connectivity index (χ4n) is 2.46. The molecular formula is C9H17N3O17P4. The highest BCUT2D eigenvalue weighted by Crippen LogP contribution is 2.66. The molecule has 0 radical (unpaired) electrons. The van der Waals surface area contributed by atoms with Crippen LogP contribution in [0.1, 0.15) is 6.23 Å². The summed E-state index contributed by atoms with van der Waals surface area (Å²) >= 11 is 0. The first-order valence-electron chi connectivity index (χ1n) is 7.99. The van der Waals surface area contributed by atoms with E-state index in [0.29, 0.717) is 4.57 Å². The molecule has 190 valence electrons. The number of aliphatic hydroxyl groups excluding tert-OH is 1. The van der Waals surface area contributed by atoms with Crippen molar-refractivity contribution < 1.29 is 75.1 Å². The number of aliphatic hydroxyl groups is 1. The van der Waals surface area contributed by atoms with E-state index in [9.17, 15) is 33.1 Å². The summed E-state index contributed by atoms with van der Waals surface area (Å²) in [5.74, 6) is -0.212. The van der Waals surface area contributed by atoms with Crippen molar-refractivity contribution in [2.24, 2.45) is 0 Å². The Balaban J connectivity index is 2.22. The van der Waals surface area contributed by atoms with E-state index in [1.165, 1.54) is 0 Å². The molecule has 1 aromatic rings. The van der Waals surface area contributed by atoms with Crippen LogP contribution in [0.25, 0.3) is 0 Å². The van der Waals surface area contributed by atoms with Crippen LogP contribution in [0, 0.1) is 0 Å². The van der Waals surface area contributed by atoms with Crippen LogP contribution in [0.15, 0.2) is 17.1 Å². The lowest BCUT2D eigenvalue weighted by atomic mass is 10.1. The number of aromatic nitrogens is 2. The van der Waals surface area contributed by atoms with Gasteiger partial charge in [0, 0.05) is 6.20 Å². The summed E-state index contributed by atoms with van der Waals surface area (Å²) in [6, 6.07) is 1.11. The monoisotopic (exact) mass is 563 g/mol. The average Bonchev–Trinajstić information content (AvgIpc) is 2.84. The Hall–Kier alpha value is -0.880. The molecule has 2 rings (SSSR count). The van der Waals surface area contributed by atoms with Crippen LogP contribution in [-0.4, -0.2) is 68.9 Å². The number of phosphoric acid groups is 4. The summed E-state index contributed by atoms with van der Waals surface area (Å²) in [5, 5.41) is 10.4. The molecule has 33 heavy (non-hydrogen) atoms. The Morgan fingerprint density at radius 3 is 2.15 bits per heavy atom. The molecule has 2 unspecified atom stereocenters. The molecule has 0 saturated carbocycles. The maximum atomic E-state index is 12.0. The first-order chi connectivity index (χ1) is 14.8. The van der Waals surface area contributed by atoms with Gasteiger partial charge in [0.1, 0.15) is 24.1 Å². The lowest BCUT2D eigenvalue weighted by Gasteiger charge is -2.22. The highest BCUT2D eigenvalue weighted by atomic mass is 31.3. The lowest BCUT2D eigenvalue weighted by molar-refractivity contribution is -0.0540. The normalized spacial score (nSPS) is 27.7. The zero-order valence-electron chi connectivity index (χ0n) is 15.6. The van der Waals surface area contributed by atoms with Crippen LogP contribution in [-0.2, 0) is 40.7 Å². The van der Waals surface area contributed by atoms with Gasteiger partial charge in [-0.3, -0.25) is 13.6 Å². The molecule has 2 heterocycles. The van der Waals surface area contributed by atoms with Gasteiger partial charge in [0.25, 0.3) is 0 Å². The van der Waals surface area contributed by atoms with Gasteiger partial charge in [0.05, 0.1) is 6.61 Å². The summed E-state index contributed by atoms with van der Waals surface area (Å²) < 4.78 is 66.6. The number of rotatable bonds is 10. The van der Waals surface area contributed by atoms with Crippen molar-refractivity contribution in [2.75, 3.05) is 12.3 Å². The van der Waals surface area contributed by atoms with E-state index >= 15 is 0 Å². The standard InChI is InChI=1S/C9H17N3O17P4/c10-5-1-2-12(9(14)11-5)8-6(13)7(27-30(15,16)17)4(26-8)3-25-32(21,22)29-33(23,24)28-31(18,19)20/h1-2,4,6-8,13H,3H2,(H,21,22)(H,23,24)(H2,10,11,14)(H2,15,16,17)(H2,18,19,20)/t4-,6-,7-,8-/m1/s1. The summed E-state index contributed by atoms with van der Waals surface area (Å²) in [7, 11) is -22.5. The molecule has 0 aliphatic carbocycles. The van der Waals surface area contributed by atoms with Crippen LogP contribution in [0.2, 0.25) is 0 Å². The molecule has 0 aromatic carbocycles. The van der Waals surface area contributed by atoms with Crippen molar-refractivity contribution in [3.8, 4) is 0 Å². The molecule has 1 fully saturated rings. The largest absolute Gasteiger partial charge is 0.490 e. The minimum Gasteiger partial charge on any atom is -0.386 e. The summed E-state index contributed by atoms with van der Waals surface area (Å²) in [6.07, 6.45) is -6.57. The predicted octanol–water partition coefficient (Wildman–Crippen LogP) is -2.10. The number of hydrogen-bond donors (Lipinski definition) is 8. The number of nitrogen functional groups attached to an aromatic ring is 1. The molecule has 0 spiro atoms. The van der Waals surface area contributed by atoms with Crippen LogP contribution >= 0.6 is 31.3 Å². The van der Waals surface area contributed by atoms with Crippen molar-refractivity contribution in [3.05, 3.63) is 22.7 Å². The van der Waals surface area contributed by atoms with E-state index in [-0.39, 0.29) is 5.82 Å². The number of nitrogens with zero attached hydrogens (tertiary/aromatic N) is 2. The fourth-order valence-corrected chi connectivity index (χ4v) is 6.07. The average molecular weight is 563 g/mol. The van der Waals surface area contributed by atoms with Crippen LogP contribution in [0.5, 0.6) is 0 Å². The second kappa shape index (κ2) is 10.0. The molecule has 0 bridgehead atoms. The van der Waals surface area contributed by atoms with Gasteiger partial charge in [-0.25, -0.2) is 23.1 Å². The minimum absolute atomic E-state index is 0.212. The summed E-state index contributed by atoms with van der Waals surface area (Å²) in [4.78, 5) is 69.0. The topological polar surface area (TPSA) is 317 Å². The molecule has 1 aliphatic rings. The third kappa shape index (κ3) is 8.69. The van der Waals surface area contributed by atoms with Crippen molar-refractivity contribution >= 4 is 37.1 Å². The van der Waals surface area contributed by atoms with Gasteiger partial charge >= 0.3 is 37.0 Å². The highest BCUT2D eigenvalue weighted by molar-refractivity contribution is 7.66. The first-order valence-corrected chi connectivity index (χ1v) is 14.0. The Labute approximate surface area is 182 Å². The van der Waals surface area contributed by atoms with Gasteiger partial charge in [-0.05, 0) is 6.07 Å². The first kappa shape index (κ1) is 28.4. The maximum absolute atomic E-state index is 12.0. The zero-order chi connectivity index (χ0) is 25.4. The van der Waals surface area contributed by atoms with Crippen molar-refractivity contribution in [1.29, 1.82) is 0 Å². The van der Waals surface area contributed by atoms with E-state index in [0.717, 1.165) is 12.3 Å². The molecule has 20 nitrogen and oxygen atoms in total. The molecule has 1 aromatic heterocycles. The number of nitrogens with two attached hydrogens (primary N) is 1. The van der Waals surface area contributed by atoms with Crippen molar-refractivity contribution in [1.82, 2.24) is 9.55 Å². The van der Waals surface area contributed by atoms with Crippen molar-refractivity contribution in [3.63, 3.8) is 0 Å². The number of ether oxygens (including phenoxy) is 1. The third-order valence-electron chi connectivity index (χ3n) is 3.51. The van der Waals surface area contributed by atoms with E-state index in [2.05, 4.69) is 22.7 Å². The summed E-state index contributed by atoms with van der Waals surface area (Å²) in [5.41, 5.74) is 4.27. The quantitative estimate of drug-likeness (QED) is 0.141. The van der Waals surface area contributed by atoms with E-state index < -0.39 is 68.1 Å². The Morgan fingerprint density at radius 1 is 1.03 bits per heavy atom. The van der Waals surface area contributed by atoms with Crippen LogP contribution in [0.3, 0.4) is 0 Å². The van der Waals surface area contributed by atoms with Gasteiger partial charge in [-0.1, -0.05) is 0 Å². The molecule has 1 aliphatic heterocycles. The fraction of sp³-hybridized carbons (Fsp3) is 0.556.